The number of halogens is 1. The maximum absolute atomic E-state index is 5.42. The lowest BCUT2D eigenvalue weighted by molar-refractivity contribution is 0.411. The van der Waals surface area contributed by atoms with Crippen LogP contribution in [0.3, 0.4) is 0 Å². The highest BCUT2D eigenvalue weighted by Gasteiger charge is 2.07. The Morgan fingerprint density at radius 2 is 2.05 bits per heavy atom. The number of hydrogen-bond acceptors (Lipinski definition) is 3. The zero-order valence-electron chi connectivity index (χ0n) is 12.5. The van der Waals surface area contributed by atoms with Crippen LogP contribution in [0.15, 0.2) is 51.8 Å². The molecule has 4 heteroatoms. The summed E-state index contributed by atoms with van der Waals surface area (Å²) in [5.41, 5.74) is 2.51. The van der Waals surface area contributed by atoms with Gasteiger partial charge in [-0.05, 0) is 49.9 Å². The minimum atomic E-state index is 0.367. The number of rotatable bonds is 6. The predicted molar refractivity (Wildman–Crippen MR) is 94.2 cm³/mol. The second-order valence-corrected chi connectivity index (χ2v) is 6.79. The number of hydrogen-bond donors (Lipinski definition) is 1. The van der Waals surface area contributed by atoms with Crippen LogP contribution in [-0.2, 0) is 5.75 Å². The summed E-state index contributed by atoms with van der Waals surface area (Å²) in [6.45, 7) is 2.17. The summed E-state index contributed by atoms with van der Waals surface area (Å²) in [7, 11) is 3.70. The van der Waals surface area contributed by atoms with E-state index in [9.17, 15) is 0 Å². The SMILES string of the molecule is CNC(C)c1cccc(SCc2cc(Br)ccc2OC)c1. The van der Waals surface area contributed by atoms with Crippen LogP contribution in [0.25, 0.3) is 0 Å². The maximum Gasteiger partial charge on any atom is 0.122 e. The van der Waals surface area contributed by atoms with Crippen LogP contribution in [-0.4, -0.2) is 14.2 Å². The van der Waals surface area contributed by atoms with Crippen molar-refractivity contribution >= 4 is 27.7 Å². The van der Waals surface area contributed by atoms with Crippen molar-refractivity contribution < 1.29 is 4.74 Å². The minimum absolute atomic E-state index is 0.367. The third-order valence-electron chi connectivity index (χ3n) is 3.43. The molecule has 1 unspecified atom stereocenters. The molecule has 2 nitrogen and oxygen atoms in total. The summed E-state index contributed by atoms with van der Waals surface area (Å²) in [4.78, 5) is 1.27. The molecule has 0 radical (unpaired) electrons. The van der Waals surface area contributed by atoms with Crippen molar-refractivity contribution in [1.29, 1.82) is 0 Å². The smallest absolute Gasteiger partial charge is 0.122 e. The highest BCUT2D eigenvalue weighted by Crippen LogP contribution is 2.31. The van der Waals surface area contributed by atoms with E-state index in [0.717, 1.165) is 16.0 Å². The van der Waals surface area contributed by atoms with Gasteiger partial charge in [0.1, 0.15) is 5.75 Å². The van der Waals surface area contributed by atoms with E-state index in [0.29, 0.717) is 6.04 Å². The molecular weight excluding hydrogens is 346 g/mol. The van der Waals surface area contributed by atoms with Gasteiger partial charge in [-0.1, -0.05) is 28.1 Å². The Bertz CT molecular complexity index is 603. The van der Waals surface area contributed by atoms with Gasteiger partial charge < -0.3 is 10.1 Å². The van der Waals surface area contributed by atoms with Crippen molar-refractivity contribution in [2.45, 2.75) is 23.6 Å². The summed E-state index contributed by atoms with van der Waals surface area (Å²) in [5, 5.41) is 3.27. The first kappa shape index (κ1) is 16.4. The molecule has 0 aliphatic rings. The molecule has 0 aliphatic heterocycles. The molecule has 21 heavy (non-hydrogen) atoms. The standard InChI is InChI=1S/C17H20BrNOS/c1-12(19-2)13-5-4-6-16(10-13)21-11-14-9-15(18)7-8-17(14)20-3/h4-10,12,19H,11H2,1-3H3. The van der Waals surface area contributed by atoms with E-state index < -0.39 is 0 Å². The van der Waals surface area contributed by atoms with Gasteiger partial charge in [-0.25, -0.2) is 0 Å². The Morgan fingerprint density at radius 1 is 1.24 bits per heavy atom. The van der Waals surface area contributed by atoms with Gasteiger partial charge in [0.05, 0.1) is 7.11 Å². The Labute approximate surface area is 139 Å². The molecule has 0 saturated carbocycles. The van der Waals surface area contributed by atoms with E-state index in [2.05, 4.69) is 58.5 Å². The molecule has 0 aliphatic carbocycles. The number of methoxy groups -OCH3 is 1. The first-order valence-electron chi connectivity index (χ1n) is 6.86. The van der Waals surface area contributed by atoms with Crippen molar-refractivity contribution in [2.24, 2.45) is 0 Å². The minimum Gasteiger partial charge on any atom is -0.496 e. The molecule has 2 aromatic carbocycles. The van der Waals surface area contributed by atoms with Gasteiger partial charge in [0.25, 0.3) is 0 Å². The fraction of sp³-hybridized carbons (Fsp3) is 0.294. The highest BCUT2D eigenvalue weighted by atomic mass is 79.9. The van der Waals surface area contributed by atoms with E-state index >= 15 is 0 Å². The number of benzene rings is 2. The summed E-state index contributed by atoms with van der Waals surface area (Å²) in [6.07, 6.45) is 0. The molecule has 1 N–H and O–H groups in total. The first-order valence-corrected chi connectivity index (χ1v) is 8.64. The lowest BCUT2D eigenvalue weighted by atomic mass is 10.1. The van der Waals surface area contributed by atoms with Gasteiger partial charge in [0, 0.05) is 26.7 Å². The average Bonchev–Trinajstić information content (AvgIpc) is 2.52. The van der Waals surface area contributed by atoms with Crippen LogP contribution in [0.2, 0.25) is 0 Å². The van der Waals surface area contributed by atoms with Crippen molar-refractivity contribution in [3.05, 3.63) is 58.1 Å². The molecule has 0 aromatic heterocycles. The maximum atomic E-state index is 5.42. The van der Waals surface area contributed by atoms with Crippen LogP contribution in [0.4, 0.5) is 0 Å². The summed E-state index contributed by atoms with van der Waals surface area (Å²) in [5.74, 6) is 1.82. The number of nitrogens with one attached hydrogen (secondary N) is 1. The number of thioether (sulfide) groups is 1. The summed E-state index contributed by atoms with van der Waals surface area (Å²) in [6, 6.07) is 15.2. The van der Waals surface area contributed by atoms with Gasteiger partial charge in [-0.3, -0.25) is 0 Å². The van der Waals surface area contributed by atoms with Crippen LogP contribution in [0.5, 0.6) is 5.75 Å². The third kappa shape index (κ3) is 4.50. The van der Waals surface area contributed by atoms with Gasteiger partial charge in [-0.15, -0.1) is 11.8 Å². The van der Waals surface area contributed by atoms with Crippen LogP contribution in [0.1, 0.15) is 24.1 Å². The van der Waals surface area contributed by atoms with E-state index in [4.69, 9.17) is 4.74 Å². The molecule has 2 rings (SSSR count). The molecule has 0 spiro atoms. The summed E-state index contributed by atoms with van der Waals surface area (Å²) < 4.78 is 6.50. The van der Waals surface area contributed by atoms with Gasteiger partial charge in [0.15, 0.2) is 0 Å². The normalized spacial score (nSPS) is 12.2. The largest absolute Gasteiger partial charge is 0.496 e. The fourth-order valence-electron chi connectivity index (χ4n) is 2.06. The molecule has 0 fully saturated rings. The fourth-order valence-corrected chi connectivity index (χ4v) is 3.41. The van der Waals surface area contributed by atoms with Crippen LogP contribution in [0, 0.1) is 0 Å². The third-order valence-corrected chi connectivity index (χ3v) is 4.96. The van der Waals surface area contributed by atoms with Gasteiger partial charge in [0.2, 0.25) is 0 Å². The molecule has 0 bridgehead atoms. The number of ether oxygens (including phenoxy) is 1. The average molecular weight is 366 g/mol. The second-order valence-electron chi connectivity index (χ2n) is 4.83. The van der Waals surface area contributed by atoms with Crippen molar-refractivity contribution in [1.82, 2.24) is 5.32 Å². The van der Waals surface area contributed by atoms with Crippen molar-refractivity contribution in [3.63, 3.8) is 0 Å². The topological polar surface area (TPSA) is 21.3 Å². The summed E-state index contributed by atoms with van der Waals surface area (Å²) >= 11 is 5.34. The van der Waals surface area contributed by atoms with E-state index in [1.54, 1.807) is 7.11 Å². The van der Waals surface area contributed by atoms with E-state index in [1.807, 2.05) is 30.9 Å². The molecule has 112 valence electrons. The van der Waals surface area contributed by atoms with Gasteiger partial charge >= 0.3 is 0 Å². The zero-order chi connectivity index (χ0) is 15.2. The second kappa shape index (κ2) is 7.87. The monoisotopic (exact) mass is 365 g/mol. The van der Waals surface area contributed by atoms with Crippen LogP contribution < -0.4 is 10.1 Å². The zero-order valence-corrected chi connectivity index (χ0v) is 14.9. The molecule has 1 atom stereocenters. The quantitative estimate of drug-likeness (QED) is 0.725. The van der Waals surface area contributed by atoms with E-state index in [-0.39, 0.29) is 0 Å². The highest BCUT2D eigenvalue weighted by molar-refractivity contribution is 9.10. The van der Waals surface area contributed by atoms with Crippen molar-refractivity contribution in [2.75, 3.05) is 14.2 Å². The van der Waals surface area contributed by atoms with E-state index in [1.165, 1.54) is 16.0 Å². The lowest BCUT2D eigenvalue weighted by Gasteiger charge is -2.12. The Hall–Kier alpha value is -0.970. The Kier molecular flexibility index (Phi) is 6.15. The molecule has 0 amide bonds. The lowest BCUT2D eigenvalue weighted by Crippen LogP contribution is -2.11. The molecule has 0 saturated heterocycles. The molecular formula is C17H20BrNOS. The first-order chi connectivity index (χ1) is 10.1. The Balaban J connectivity index is 2.11. The molecule has 0 heterocycles. The molecule has 2 aromatic rings. The Morgan fingerprint density at radius 3 is 2.76 bits per heavy atom. The van der Waals surface area contributed by atoms with Gasteiger partial charge in [-0.2, -0.15) is 0 Å². The van der Waals surface area contributed by atoms with Crippen molar-refractivity contribution in [3.8, 4) is 5.75 Å². The van der Waals surface area contributed by atoms with Crippen LogP contribution >= 0.6 is 27.7 Å². The predicted octanol–water partition coefficient (Wildman–Crippen LogP) is 5.03.